The van der Waals surface area contributed by atoms with Crippen molar-refractivity contribution < 1.29 is 28.6 Å². The van der Waals surface area contributed by atoms with Gasteiger partial charge in [0.15, 0.2) is 0 Å². The lowest BCUT2D eigenvalue weighted by atomic mass is 10.0. The van der Waals surface area contributed by atoms with Gasteiger partial charge in [-0.3, -0.25) is 4.79 Å². The molecule has 9 heteroatoms. The van der Waals surface area contributed by atoms with Crippen LogP contribution in [0.5, 0.6) is 5.88 Å². The second kappa shape index (κ2) is 12.3. The Labute approximate surface area is 187 Å². The zero-order chi connectivity index (χ0) is 23.5. The van der Waals surface area contributed by atoms with Crippen LogP contribution in [0.1, 0.15) is 25.0 Å². The van der Waals surface area contributed by atoms with Gasteiger partial charge in [-0.05, 0) is 17.5 Å². The first-order valence-corrected chi connectivity index (χ1v) is 10.2. The third kappa shape index (κ3) is 7.26. The molecular weight excluding hydrogens is 414 g/mol. The molecule has 0 bridgehead atoms. The van der Waals surface area contributed by atoms with Gasteiger partial charge in [0.2, 0.25) is 11.8 Å². The average Bonchev–Trinajstić information content (AvgIpc) is 2.80. The van der Waals surface area contributed by atoms with Crippen LogP contribution in [-0.2, 0) is 32.1 Å². The lowest BCUT2D eigenvalue weighted by Gasteiger charge is -2.24. The van der Waals surface area contributed by atoms with E-state index in [1.54, 1.807) is 32.2 Å². The Morgan fingerprint density at radius 3 is 2.34 bits per heavy atom. The maximum Gasteiger partial charge on any atom is 0.408 e. The lowest BCUT2D eigenvalue weighted by molar-refractivity contribution is -0.145. The van der Waals surface area contributed by atoms with E-state index in [2.05, 4.69) is 15.6 Å². The number of benzene rings is 1. The number of amides is 2. The van der Waals surface area contributed by atoms with Gasteiger partial charge < -0.3 is 24.8 Å². The molecule has 1 aromatic heterocycles. The number of carbonyl (C=O) groups is 3. The molecule has 0 aliphatic rings. The van der Waals surface area contributed by atoms with Crippen LogP contribution in [0.3, 0.4) is 0 Å². The quantitative estimate of drug-likeness (QED) is 0.541. The summed E-state index contributed by atoms with van der Waals surface area (Å²) in [5.41, 5.74) is 1.45. The number of alkyl carbamates (subject to hydrolysis) is 1. The Kier molecular flexibility index (Phi) is 9.46. The summed E-state index contributed by atoms with van der Waals surface area (Å²) < 4.78 is 15.3. The number of nitrogens with zero attached hydrogens (tertiary/aromatic N) is 1. The molecule has 2 rings (SSSR count). The molecular formula is C23H29N3O6. The second-order valence-electron chi connectivity index (χ2n) is 7.39. The molecule has 32 heavy (non-hydrogen) atoms. The van der Waals surface area contributed by atoms with Gasteiger partial charge in [-0.2, -0.15) is 0 Å². The molecule has 2 amide bonds. The molecule has 0 aliphatic heterocycles. The van der Waals surface area contributed by atoms with E-state index < -0.39 is 30.1 Å². The van der Waals surface area contributed by atoms with Crippen LogP contribution in [-0.4, -0.2) is 49.3 Å². The summed E-state index contributed by atoms with van der Waals surface area (Å²) in [6.07, 6.45) is 0.943. The molecule has 0 spiro atoms. The summed E-state index contributed by atoms with van der Waals surface area (Å²) in [5.74, 6) is -1.07. The molecule has 2 N–H and O–H groups in total. The summed E-state index contributed by atoms with van der Waals surface area (Å²) in [6, 6.07) is 10.7. The van der Waals surface area contributed by atoms with Gasteiger partial charge in [0.25, 0.3) is 0 Å². The number of ether oxygens (including phenoxy) is 3. The summed E-state index contributed by atoms with van der Waals surface area (Å²) in [6.45, 7) is 3.63. The predicted molar refractivity (Wildman–Crippen MR) is 117 cm³/mol. The topological polar surface area (TPSA) is 116 Å². The predicted octanol–water partition coefficient (Wildman–Crippen LogP) is 2.24. The van der Waals surface area contributed by atoms with Crippen LogP contribution in [0, 0.1) is 5.92 Å². The molecule has 1 heterocycles. The van der Waals surface area contributed by atoms with E-state index in [9.17, 15) is 14.4 Å². The summed E-state index contributed by atoms with van der Waals surface area (Å²) in [7, 11) is 2.71. The van der Waals surface area contributed by atoms with E-state index in [1.807, 2.05) is 30.3 Å². The summed E-state index contributed by atoms with van der Waals surface area (Å²) in [4.78, 5) is 41.6. The molecule has 172 valence electrons. The molecule has 0 aliphatic carbocycles. The highest BCUT2D eigenvalue weighted by molar-refractivity contribution is 5.90. The van der Waals surface area contributed by atoms with Crippen LogP contribution in [0.2, 0.25) is 0 Å². The Morgan fingerprint density at radius 2 is 1.72 bits per heavy atom. The molecule has 0 saturated carbocycles. The third-order valence-corrected chi connectivity index (χ3v) is 4.70. The lowest BCUT2D eigenvalue weighted by Crippen LogP contribution is -2.54. The van der Waals surface area contributed by atoms with Crippen molar-refractivity contribution in [1.82, 2.24) is 15.6 Å². The first-order valence-electron chi connectivity index (χ1n) is 10.2. The number of pyridine rings is 1. The third-order valence-electron chi connectivity index (χ3n) is 4.70. The van der Waals surface area contributed by atoms with Gasteiger partial charge in [0, 0.05) is 18.2 Å². The van der Waals surface area contributed by atoms with Crippen molar-refractivity contribution in [2.24, 2.45) is 5.92 Å². The average molecular weight is 444 g/mol. The molecule has 2 atom stereocenters. The fraction of sp³-hybridized carbons (Fsp3) is 0.391. The standard InChI is InChI=1S/C23H29N3O6/c1-15(2)19(26-23(29)32-14-16-9-6-5-7-10-16)20(27)25-18(22(28)31-4)13-17-11-8-12-24-21(17)30-3/h5-12,15,18-19H,13-14H2,1-4H3,(H,25,27)(H,26,29)/t18-,19+/m1/s1. The van der Waals surface area contributed by atoms with Crippen molar-refractivity contribution in [2.45, 2.75) is 39.0 Å². The summed E-state index contributed by atoms with van der Waals surface area (Å²) >= 11 is 0. The van der Waals surface area contributed by atoms with E-state index in [0.29, 0.717) is 11.4 Å². The highest BCUT2D eigenvalue weighted by atomic mass is 16.5. The van der Waals surface area contributed by atoms with Crippen molar-refractivity contribution in [3.8, 4) is 5.88 Å². The number of methoxy groups -OCH3 is 2. The van der Waals surface area contributed by atoms with Crippen molar-refractivity contribution in [1.29, 1.82) is 0 Å². The first-order chi connectivity index (χ1) is 15.3. The SMILES string of the molecule is COC(=O)[C@@H](Cc1cccnc1OC)NC(=O)[C@@H](NC(=O)OCc1ccccc1)C(C)C. The molecule has 0 radical (unpaired) electrons. The minimum Gasteiger partial charge on any atom is -0.481 e. The number of nitrogens with one attached hydrogen (secondary N) is 2. The number of hydrogen-bond donors (Lipinski definition) is 2. The van der Waals surface area contributed by atoms with Crippen molar-refractivity contribution in [3.05, 3.63) is 59.8 Å². The smallest absolute Gasteiger partial charge is 0.408 e. The molecule has 9 nitrogen and oxygen atoms in total. The van der Waals surface area contributed by atoms with E-state index in [0.717, 1.165) is 5.56 Å². The molecule has 0 saturated heterocycles. The van der Waals surface area contributed by atoms with Gasteiger partial charge >= 0.3 is 12.1 Å². The van der Waals surface area contributed by atoms with E-state index >= 15 is 0 Å². The number of hydrogen-bond acceptors (Lipinski definition) is 7. The van der Waals surface area contributed by atoms with Crippen LogP contribution in [0.15, 0.2) is 48.7 Å². The van der Waals surface area contributed by atoms with Crippen LogP contribution >= 0.6 is 0 Å². The monoisotopic (exact) mass is 443 g/mol. The molecule has 1 aromatic carbocycles. The van der Waals surface area contributed by atoms with E-state index in [-0.39, 0.29) is 18.9 Å². The molecule has 2 aromatic rings. The largest absolute Gasteiger partial charge is 0.481 e. The Bertz CT molecular complexity index is 904. The highest BCUT2D eigenvalue weighted by Gasteiger charge is 2.30. The highest BCUT2D eigenvalue weighted by Crippen LogP contribution is 2.16. The number of esters is 1. The minimum atomic E-state index is -0.992. The van der Waals surface area contributed by atoms with Crippen molar-refractivity contribution in [3.63, 3.8) is 0 Å². The maximum absolute atomic E-state index is 12.9. The first kappa shape index (κ1) is 24.6. The van der Waals surface area contributed by atoms with Gasteiger partial charge in [0.1, 0.15) is 18.7 Å². The molecule has 0 fully saturated rings. The minimum absolute atomic E-state index is 0.0741. The van der Waals surface area contributed by atoms with E-state index in [1.165, 1.54) is 14.2 Å². The van der Waals surface area contributed by atoms with Crippen LogP contribution in [0.4, 0.5) is 4.79 Å². The van der Waals surface area contributed by atoms with E-state index in [4.69, 9.17) is 14.2 Å². The zero-order valence-corrected chi connectivity index (χ0v) is 18.7. The number of rotatable bonds is 10. The Morgan fingerprint density at radius 1 is 1.00 bits per heavy atom. The van der Waals surface area contributed by atoms with Gasteiger partial charge in [-0.1, -0.05) is 50.2 Å². The van der Waals surface area contributed by atoms with Crippen molar-refractivity contribution in [2.75, 3.05) is 14.2 Å². The molecule has 0 unspecified atom stereocenters. The van der Waals surface area contributed by atoms with Crippen LogP contribution < -0.4 is 15.4 Å². The van der Waals surface area contributed by atoms with Gasteiger partial charge in [-0.15, -0.1) is 0 Å². The van der Waals surface area contributed by atoms with Gasteiger partial charge in [0.05, 0.1) is 14.2 Å². The van der Waals surface area contributed by atoms with Crippen LogP contribution in [0.25, 0.3) is 0 Å². The summed E-state index contributed by atoms with van der Waals surface area (Å²) in [5, 5.41) is 5.23. The zero-order valence-electron chi connectivity index (χ0n) is 18.7. The Balaban J connectivity index is 2.05. The fourth-order valence-electron chi connectivity index (χ4n) is 3.01. The fourth-order valence-corrected chi connectivity index (χ4v) is 3.01. The normalized spacial score (nSPS) is 12.4. The number of aromatic nitrogens is 1. The van der Waals surface area contributed by atoms with Crippen molar-refractivity contribution >= 4 is 18.0 Å². The number of carbonyl (C=O) groups excluding carboxylic acids is 3. The Hall–Kier alpha value is -3.62. The maximum atomic E-state index is 12.9. The van der Waals surface area contributed by atoms with Gasteiger partial charge in [-0.25, -0.2) is 14.6 Å². The second-order valence-corrected chi connectivity index (χ2v) is 7.39.